The fraction of sp³-hybridized carbons (Fsp3) is 0.467. The molecule has 1 fully saturated rings. The minimum atomic E-state index is -3.53. The van der Waals surface area contributed by atoms with Gasteiger partial charge in [-0.3, -0.25) is 0 Å². The van der Waals surface area contributed by atoms with Gasteiger partial charge in [-0.05, 0) is 0 Å². The van der Waals surface area contributed by atoms with Crippen LogP contribution >= 0.6 is 0 Å². The van der Waals surface area contributed by atoms with E-state index >= 15 is 0 Å². The van der Waals surface area contributed by atoms with Gasteiger partial charge in [-0.25, -0.2) is 0 Å². The number of allylic oxidation sites excluding steroid dienone is 2. The zero-order valence-electron chi connectivity index (χ0n) is 24.3. The van der Waals surface area contributed by atoms with E-state index in [-0.39, 0.29) is 4.53 Å². The molecule has 192 valence electrons. The van der Waals surface area contributed by atoms with Crippen LogP contribution in [0, 0.1) is 0 Å². The van der Waals surface area contributed by atoms with Crippen molar-refractivity contribution in [2.75, 3.05) is 0 Å². The van der Waals surface area contributed by atoms with Crippen molar-refractivity contribution in [3.05, 3.63) is 79.9 Å². The fourth-order valence-corrected chi connectivity index (χ4v) is 507. The Hall–Kier alpha value is -0.125. The van der Waals surface area contributed by atoms with E-state index in [1.165, 1.54) is 25.7 Å². The normalized spacial score (nSPS) is 24.2. The summed E-state index contributed by atoms with van der Waals surface area (Å²) in [4.78, 5) is 0. The van der Waals surface area contributed by atoms with Crippen LogP contribution in [0.5, 0.6) is 0 Å². The Bertz CT molecular complexity index is 1280. The second-order valence-corrected chi connectivity index (χ2v) is 112. The van der Waals surface area contributed by atoms with Gasteiger partial charge in [-0.1, -0.05) is 0 Å². The van der Waals surface area contributed by atoms with Gasteiger partial charge in [0.1, 0.15) is 0 Å². The van der Waals surface area contributed by atoms with Crippen LogP contribution in [0.2, 0.25) is 9.36 Å². The van der Waals surface area contributed by atoms with E-state index in [0.29, 0.717) is 34.2 Å². The summed E-state index contributed by atoms with van der Waals surface area (Å²) in [6.07, 6.45) is 10.2. The van der Waals surface area contributed by atoms with Crippen molar-refractivity contribution in [3.8, 4) is 0 Å². The first-order valence-corrected chi connectivity index (χ1v) is 49.8. The minimum absolute atomic E-state index is 0.0104. The van der Waals surface area contributed by atoms with Crippen LogP contribution < -0.4 is 0 Å². The van der Waals surface area contributed by atoms with Crippen LogP contribution in [0.15, 0.2) is 35.4 Å². The summed E-state index contributed by atoms with van der Waals surface area (Å²) in [5.74, 6) is 0. The van der Waals surface area contributed by atoms with E-state index in [1.807, 2.05) is 11.1 Å². The first kappa shape index (κ1) is 27.4. The van der Waals surface area contributed by atoms with Crippen molar-refractivity contribution < 1.29 is 17.1 Å². The van der Waals surface area contributed by atoms with Crippen LogP contribution in [-0.4, -0.2) is 38.7 Å². The van der Waals surface area contributed by atoms with Crippen LogP contribution in [-0.2, 0) is 42.8 Å². The average Bonchev–Trinajstić information content (AvgIpc) is 3.60. The third-order valence-electron chi connectivity index (χ3n) is 10.8. The van der Waals surface area contributed by atoms with Gasteiger partial charge in [-0.2, -0.15) is 0 Å². The summed E-state index contributed by atoms with van der Waals surface area (Å²) in [5.41, 5.74) is 17.3. The molecule has 0 spiro atoms. The van der Waals surface area contributed by atoms with Gasteiger partial charge >= 0.3 is 232 Å². The molecular formula is C30H48HfSi5. The number of hydrogen-bond acceptors (Lipinski definition) is 0. The van der Waals surface area contributed by atoms with Crippen LogP contribution in [0.3, 0.4) is 0 Å². The second kappa shape index (κ2) is 10.1. The molecule has 1 heterocycles. The van der Waals surface area contributed by atoms with Crippen molar-refractivity contribution in [2.45, 2.75) is 83.9 Å². The standard InChI is InChI=1S/2C14H17.2CH3.Hf.H8Si5/c2*1-4-11-6-7-12(5-2)14-9-10(3)8-13(11)14;;;;1-2-4-5-3-1/h2*6-9H,4-5H2,1-3H3;2*1H3;;1-4H2. The number of aryl methyl sites for hydroxylation is 4. The van der Waals surface area contributed by atoms with Gasteiger partial charge in [0.05, 0.1) is 0 Å². The molecule has 1 saturated heterocycles. The first-order valence-electron chi connectivity index (χ1n) is 14.9. The zero-order valence-corrected chi connectivity index (χ0v) is 34.5. The molecule has 5 rings (SSSR count). The van der Waals surface area contributed by atoms with Crippen LogP contribution in [0.1, 0.15) is 93.4 Å². The Morgan fingerprint density at radius 2 is 1.00 bits per heavy atom. The molecule has 2 aromatic rings. The van der Waals surface area contributed by atoms with E-state index in [0.717, 1.165) is 7.35 Å². The van der Waals surface area contributed by atoms with Crippen molar-refractivity contribution in [2.24, 2.45) is 0 Å². The quantitative estimate of drug-likeness (QED) is 0.377. The van der Waals surface area contributed by atoms with Gasteiger partial charge in [0.15, 0.2) is 0 Å². The molecule has 0 aromatic heterocycles. The summed E-state index contributed by atoms with van der Waals surface area (Å²) in [6, 6.07) is 10.1. The Labute approximate surface area is 230 Å². The number of benzene rings is 2. The molecule has 0 bridgehead atoms. The Morgan fingerprint density at radius 1 is 0.639 bits per heavy atom. The molecule has 0 amide bonds. The molecule has 0 N–H and O–H groups in total. The molecule has 3 aliphatic rings. The zero-order chi connectivity index (χ0) is 25.9. The van der Waals surface area contributed by atoms with E-state index in [9.17, 15) is 0 Å². The SMILES string of the molecule is CCc1ccc(CC)c2c1C=C(C)[CH]2[Hf]([CH3])([CH3])([CH]1C(C)=Cc2c(CC)ccc(CC)c21)=[Si]1[SiH2][SiH2][SiH2][SiH2]1. The summed E-state index contributed by atoms with van der Waals surface area (Å²) < 4.78 is 7.89. The van der Waals surface area contributed by atoms with Crippen molar-refractivity contribution in [1.29, 1.82) is 0 Å². The topological polar surface area (TPSA) is 0 Å². The summed E-state index contributed by atoms with van der Waals surface area (Å²) in [7, 11) is 1.62. The monoisotopic (exact) mass is 728 g/mol. The van der Waals surface area contributed by atoms with E-state index in [1.54, 1.807) is 44.5 Å². The molecule has 1 aliphatic heterocycles. The van der Waals surface area contributed by atoms with Gasteiger partial charge in [-0.15, -0.1) is 0 Å². The van der Waals surface area contributed by atoms with E-state index < -0.39 is 17.1 Å². The maximum atomic E-state index is 3.12. The molecule has 0 radical (unpaired) electrons. The van der Waals surface area contributed by atoms with Gasteiger partial charge < -0.3 is 0 Å². The summed E-state index contributed by atoms with van der Waals surface area (Å²) >= 11 is -3.53. The Kier molecular flexibility index (Phi) is 7.72. The molecule has 2 aromatic carbocycles. The molecule has 2 atom stereocenters. The van der Waals surface area contributed by atoms with Crippen molar-refractivity contribution in [3.63, 3.8) is 0 Å². The van der Waals surface area contributed by atoms with Gasteiger partial charge in [0, 0.05) is 0 Å². The number of hydrogen-bond donors (Lipinski definition) is 0. The summed E-state index contributed by atoms with van der Waals surface area (Å²) in [5, 5.41) is 0. The van der Waals surface area contributed by atoms with Gasteiger partial charge in [0.2, 0.25) is 0 Å². The van der Waals surface area contributed by atoms with Crippen LogP contribution in [0.4, 0.5) is 0 Å². The molecule has 2 unspecified atom stereocenters. The number of fused-ring (bicyclic) bond motifs is 2. The Morgan fingerprint density at radius 3 is 1.36 bits per heavy atom. The van der Waals surface area contributed by atoms with Gasteiger partial charge in [0.25, 0.3) is 0 Å². The first-order chi connectivity index (χ1) is 17.2. The molecule has 0 saturated carbocycles. The Balaban J connectivity index is 1.90. The van der Waals surface area contributed by atoms with Crippen LogP contribution in [0.25, 0.3) is 12.2 Å². The predicted octanol–water partition coefficient (Wildman–Crippen LogP) is 4.76. The maximum absolute atomic E-state index is 3.53. The molecule has 36 heavy (non-hydrogen) atoms. The molecule has 0 nitrogen and oxygen atoms in total. The molecule has 2 aliphatic carbocycles. The average molecular weight is 728 g/mol. The summed E-state index contributed by atoms with van der Waals surface area (Å²) in [6.45, 7) is 14.8. The molecule has 6 heteroatoms. The number of rotatable bonds is 6. The molecular weight excluding hydrogens is 679 g/mol. The fourth-order valence-electron chi connectivity index (χ4n) is 9.24. The van der Waals surface area contributed by atoms with E-state index in [4.69, 9.17) is 0 Å². The predicted molar refractivity (Wildman–Crippen MR) is 175 cm³/mol. The van der Waals surface area contributed by atoms with Crippen molar-refractivity contribution >= 4 is 50.9 Å². The van der Waals surface area contributed by atoms with Crippen molar-refractivity contribution in [1.82, 2.24) is 0 Å². The van der Waals surface area contributed by atoms with E-state index in [2.05, 4.69) is 87.3 Å². The third kappa shape index (κ3) is 3.90. The second-order valence-electron chi connectivity index (χ2n) is 12.9. The third-order valence-corrected chi connectivity index (χ3v) is 246.